The van der Waals surface area contributed by atoms with Gasteiger partial charge in [0.15, 0.2) is 0 Å². The Morgan fingerprint density at radius 1 is 0.226 bits per heavy atom. The van der Waals surface area contributed by atoms with Crippen molar-refractivity contribution in [3.63, 3.8) is 0 Å². The van der Waals surface area contributed by atoms with Gasteiger partial charge in [-0.1, -0.05) is 271 Å². The molecule has 0 heterocycles. The summed E-state index contributed by atoms with van der Waals surface area (Å²) < 4.78 is 0. The molecule has 0 saturated carbocycles. The first-order valence-electron chi connectivity index (χ1n) is 24.9. The first-order chi connectivity index (χ1) is 25.9. The highest BCUT2D eigenvalue weighted by molar-refractivity contribution is 8.39. The minimum Gasteiger partial charge on any atom is -0.330 e. The molecular weight excluding hydrogens is 688 g/mol. The van der Waals surface area contributed by atoms with Gasteiger partial charge in [0.2, 0.25) is 0 Å². The van der Waals surface area contributed by atoms with Crippen LogP contribution in [0.5, 0.6) is 0 Å². The molecule has 0 spiro atoms. The topological polar surface area (TPSA) is 60.7 Å². The maximum Gasteiger partial charge on any atom is 0.259 e. The van der Waals surface area contributed by atoms with Gasteiger partial charge in [-0.05, 0) is 36.5 Å². The van der Waals surface area contributed by atoms with Crippen molar-refractivity contribution in [2.45, 2.75) is 290 Å². The fourth-order valence-electron chi connectivity index (χ4n) is 8.54. The van der Waals surface area contributed by atoms with Crippen molar-refractivity contribution in [3.8, 4) is 0 Å². The van der Waals surface area contributed by atoms with Crippen LogP contribution < -0.4 is 0 Å². The number of hydrogen-bond acceptors (Lipinski definition) is 0. The molecule has 0 aromatic rings. The van der Waals surface area contributed by atoms with Crippen molar-refractivity contribution in [2.75, 3.05) is 17.3 Å². The fourth-order valence-corrected chi connectivity index (χ4v) is 16.1. The first kappa shape index (κ1) is 53.7. The van der Waals surface area contributed by atoms with Gasteiger partial charge in [-0.25, -0.2) is 0 Å². The first-order valence-corrected chi connectivity index (χ1v) is 29.6. The van der Waals surface area contributed by atoms with E-state index < -0.39 is 15.9 Å². The van der Waals surface area contributed by atoms with Crippen LogP contribution in [0.25, 0.3) is 0 Å². The maximum absolute atomic E-state index is 11.0. The maximum atomic E-state index is 11.0. The SMILES string of the molecule is CCCCCCCCCCCCCCCC[SH](CCCCCCCCCCCCCCCC)(CCCCCCCCCCCCCCCC)=P(O)(O)O. The van der Waals surface area contributed by atoms with E-state index in [1.165, 1.54) is 250 Å². The molecule has 0 rings (SSSR count). The molecule has 0 aromatic carbocycles. The summed E-state index contributed by atoms with van der Waals surface area (Å²) in [5.74, 6) is 2.71. The van der Waals surface area contributed by atoms with E-state index in [1.54, 1.807) is 0 Å². The molecule has 0 saturated heterocycles. The molecule has 5 heteroatoms. The van der Waals surface area contributed by atoms with E-state index in [0.717, 1.165) is 36.5 Å². The van der Waals surface area contributed by atoms with Crippen LogP contribution in [0.2, 0.25) is 0 Å². The molecule has 53 heavy (non-hydrogen) atoms. The summed E-state index contributed by atoms with van der Waals surface area (Å²) in [5.41, 5.74) is 0. The quantitative estimate of drug-likeness (QED) is 0.0282. The summed E-state index contributed by atoms with van der Waals surface area (Å²) in [6, 6.07) is 0. The van der Waals surface area contributed by atoms with Gasteiger partial charge in [-0.3, -0.25) is 0 Å². The van der Waals surface area contributed by atoms with Crippen LogP contribution in [0.15, 0.2) is 0 Å². The van der Waals surface area contributed by atoms with E-state index in [2.05, 4.69) is 20.8 Å². The minimum atomic E-state index is -3.81. The van der Waals surface area contributed by atoms with Crippen LogP contribution >= 0.6 is 6.72 Å². The highest BCUT2D eigenvalue weighted by atomic mass is 32.6. The summed E-state index contributed by atoms with van der Waals surface area (Å²) in [5, 5.41) is 0. The lowest BCUT2D eigenvalue weighted by atomic mass is 10.0. The fraction of sp³-hybridized carbons (Fsp3) is 1.00. The van der Waals surface area contributed by atoms with Crippen LogP contribution in [-0.2, 0) is 9.21 Å². The molecule has 0 radical (unpaired) electrons. The van der Waals surface area contributed by atoms with E-state index in [4.69, 9.17) is 0 Å². The molecule has 324 valence electrons. The second kappa shape index (κ2) is 42.3. The molecule has 0 aliphatic carbocycles. The van der Waals surface area contributed by atoms with E-state index in [-0.39, 0.29) is 0 Å². The lowest BCUT2D eigenvalue weighted by Gasteiger charge is -2.35. The molecular formula is C48H103O3PS. The van der Waals surface area contributed by atoms with Gasteiger partial charge in [0.05, 0.1) is 0 Å². The molecule has 0 unspecified atom stereocenters. The van der Waals surface area contributed by atoms with Gasteiger partial charge in [0.25, 0.3) is 6.72 Å². The molecule has 0 atom stereocenters. The number of thiol groups is 1. The Morgan fingerprint density at radius 3 is 0.491 bits per heavy atom. The Balaban J connectivity index is 4.51. The van der Waals surface area contributed by atoms with Crippen molar-refractivity contribution in [2.24, 2.45) is 0 Å². The van der Waals surface area contributed by atoms with Gasteiger partial charge in [-0.15, -0.1) is 0 Å². The predicted molar refractivity (Wildman–Crippen MR) is 248 cm³/mol. The molecule has 0 aromatic heterocycles. The Morgan fingerprint density at radius 2 is 0.358 bits per heavy atom. The molecule has 0 aliphatic heterocycles. The summed E-state index contributed by atoms with van der Waals surface area (Å²) in [4.78, 5) is 33.0. The summed E-state index contributed by atoms with van der Waals surface area (Å²) in [6.45, 7) is 3.07. The van der Waals surface area contributed by atoms with Crippen LogP contribution in [0.1, 0.15) is 290 Å². The van der Waals surface area contributed by atoms with Crippen molar-refractivity contribution in [1.29, 1.82) is 0 Å². The highest BCUT2D eigenvalue weighted by Gasteiger charge is 2.24. The summed E-state index contributed by atoms with van der Waals surface area (Å²) in [6.07, 6.45) is 56.5. The normalized spacial score (nSPS) is 12.6. The zero-order chi connectivity index (χ0) is 38.8. The lowest BCUT2D eigenvalue weighted by Crippen LogP contribution is -2.27. The van der Waals surface area contributed by atoms with Gasteiger partial charge < -0.3 is 14.7 Å². The molecule has 0 aliphatic rings. The third kappa shape index (κ3) is 36.7. The van der Waals surface area contributed by atoms with Crippen molar-refractivity contribution >= 4 is 15.9 Å². The average molecular weight is 791 g/mol. The molecule has 3 nitrogen and oxygen atoms in total. The lowest BCUT2D eigenvalue weighted by molar-refractivity contribution is 0.362. The van der Waals surface area contributed by atoms with Gasteiger partial charge in [0, 0.05) is 0 Å². The number of hydrogen-bond donors (Lipinski definition) is 4. The summed E-state index contributed by atoms with van der Waals surface area (Å²) >= 11 is 0. The molecule has 0 amide bonds. The van der Waals surface area contributed by atoms with E-state index in [0.29, 0.717) is 0 Å². The second-order valence-corrected chi connectivity index (χ2v) is 26.4. The second-order valence-electron chi connectivity index (χ2n) is 17.6. The number of rotatable bonds is 45. The zero-order valence-electron chi connectivity index (χ0n) is 37.1. The van der Waals surface area contributed by atoms with E-state index >= 15 is 0 Å². The van der Waals surface area contributed by atoms with Crippen molar-refractivity contribution < 1.29 is 14.7 Å². The number of unbranched alkanes of at least 4 members (excludes halogenated alkanes) is 39. The Labute approximate surface area is 337 Å². The van der Waals surface area contributed by atoms with Crippen LogP contribution in [0.3, 0.4) is 0 Å². The Hall–Kier alpha value is 0.660. The van der Waals surface area contributed by atoms with Crippen LogP contribution in [0, 0.1) is 0 Å². The van der Waals surface area contributed by atoms with E-state index in [9.17, 15) is 14.7 Å². The monoisotopic (exact) mass is 791 g/mol. The Bertz CT molecular complexity index is 687. The molecule has 3 N–H and O–H groups in total. The standard InChI is InChI=1S/C48H103O3PS/c1-4-7-10-13-16-19-22-25-28-31-34-37-40-43-46-53(52(49,50)51,47-44-41-38-35-32-29-26-23-20-17-14-11-8-5-2)48-45-42-39-36-33-30-27-24-21-18-15-12-9-6-3/h49-51,53H,4-48H2,1-3H3. The third-order valence-electron chi connectivity index (χ3n) is 12.4. The molecule has 0 bridgehead atoms. The van der Waals surface area contributed by atoms with Crippen LogP contribution in [0.4, 0.5) is 0 Å². The van der Waals surface area contributed by atoms with Gasteiger partial charge >= 0.3 is 0 Å². The summed E-state index contributed by atoms with van der Waals surface area (Å²) in [7, 11) is -2.16. The van der Waals surface area contributed by atoms with Crippen molar-refractivity contribution in [1.82, 2.24) is 0 Å². The highest BCUT2D eigenvalue weighted by Crippen LogP contribution is 2.46. The zero-order valence-corrected chi connectivity index (χ0v) is 38.8. The third-order valence-corrected chi connectivity index (χ3v) is 22.2. The van der Waals surface area contributed by atoms with E-state index in [1.807, 2.05) is 0 Å². The predicted octanol–water partition coefficient (Wildman–Crippen LogP) is 17.0. The minimum absolute atomic E-state index is 0.902. The van der Waals surface area contributed by atoms with Crippen LogP contribution in [-0.4, -0.2) is 31.9 Å². The average Bonchev–Trinajstić information content (AvgIpc) is 3.14. The molecule has 0 fully saturated rings. The van der Waals surface area contributed by atoms with Gasteiger partial charge in [0.1, 0.15) is 0 Å². The van der Waals surface area contributed by atoms with Gasteiger partial charge in [-0.2, -0.15) is 9.21 Å². The van der Waals surface area contributed by atoms with Crippen molar-refractivity contribution in [3.05, 3.63) is 0 Å². The Kier molecular flexibility index (Phi) is 42.8. The largest absolute Gasteiger partial charge is 0.330 e. The smallest absolute Gasteiger partial charge is 0.259 e.